The number of rotatable bonds is 2. The first-order chi connectivity index (χ1) is 7.16. The summed E-state index contributed by atoms with van der Waals surface area (Å²) in [5.74, 6) is -0.405. The van der Waals surface area contributed by atoms with Gasteiger partial charge >= 0.3 is 5.97 Å². The van der Waals surface area contributed by atoms with E-state index in [9.17, 15) is 4.79 Å². The largest absolute Gasteiger partial charge is 0.477 e. The lowest BCUT2D eigenvalue weighted by Crippen LogP contribution is -2.27. The maximum absolute atomic E-state index is 10.7. The monoisotopic (exact) mass is 208 g/mol. The summed E-state index contributed by atoms with van der Waals surface area (Å²) in [6.07, 6.45) is 2.18. The van der Waals surface area contributed by atoms with Crippen molar-refractivity contribution in [3.8, 4) is 0 Å². The molecule has 1 aliphatic rings. The molecular weight excluding hydrogens is 196 g/mol. The highest BCUT2D eigenvalue weighted by atomic mass is 16.4. The van der Waals surface area contributed by atoms with Gasteiger partial charge in [-0.1, -0.05) is 0 Å². The highest BCUT2D eigenvalue weighted by Gasteiger charge is 2.21. The predicted molar refractivity (Wildman–Crippen MR) is 53.8 cm³/mol. The molecule has 0 amide bonds. The molecule has 0 saturated carbocycles. The van der Waals surface area contributed by atoms with Gasteiger partial charge in [-0.15, -0.1) is 0 Å². The van der Waals surface area contributed by atoms with Crippen molar-refractivity contribution in [1.82, 2.24) is 9.97 Å². The number of carboxylic acids is 1. The van der Waals surface area contributed by atoms with Crippen LogP contribution in [0.15, 0.2) is 12.4 Å². The molecule has 1 saturated heterocycles. The Labute approximate surface area is 86.7 Å². The Balaban J connectivity index is 2.21. The molecule has 0 aromatic carbocycles. The zero-order valence-corrected chi connectivity index (χ0v) is 8.13. The molecule has 0 aliphatic carbocycles. The Morgan fingerprint density at radius 3 is 3.00 bits per heavy atom. The smallest absolute Gasteiger partial charge is 0.354 e. The second kappa shape index (κ2) is 3.82. The molecule has 1 aliphatic heterocycles. The minimum Gasteiger partial charge on any atom is -0.477 e. The number of carboxylic acid groups (broad SMARTS) is 1. The van der Waals surface area contributed by atoms with Gasteiger partial charge in [-0.2, -0.15) is 0 Å². The molecule has 2 heterocycles. The van der Waals surface area contributed by atoms with Gasteiger partial charge in [0, 0.05) is 25.2 Å². The molecule has 1 unspecified atom stereocenters. The Morgan fingerprint density at radius 2 is 2.40 bits per heavy atom. The van der Waals surface area contributed by atoms with E-state index in [2.05, 4.69) is 9.97 Å². The van der Waals surface area contributed by atoms with E-state index in [4.69, 9.17) is 10.8 Å². The van der Waals surface area contributed by atoms with Gasteiger partial charge in [0.05, 0.1) is 0 Å². The van der Waals surface area contributed by atoms with Crippen LogP contribution in [0.5, 0.6) is 0 Å². The number of aromatic nitrogens is 2. The summed E-state index contributed by atoms with van der Waals surface area (Å²) in [6.45, 7) is 1.54. The first-order valence-corrected chi connectivity index (χ1v) is 4.72. The van der Waals surface area contributed by atoms with E-state index in [-0.39, 0.29) is 11.7 Å². The summed E-state index contributed by atoms with van der Waals surface area (Å²) in [5.41, 5.74) is 5.77. The predicted octanol–water partition coefficient (Wildman–Crippen LogP) is -0.288. The van der Waals surface area contributed by atoms with E-state index < -0.39 is 5.97 Å². The minimum absolute atomic E-state index is 0.0143. The summed E-state index contributed by atoms with van der Waals surface area (Å²) in [4.78, 5) is 20.4. The lowest BCUT2D eigenvalue weighted by atomic mass is 10.3. The number of aromatic carboxylic acids is 1. The van der Waals surface area contributed by atoms with E-state index in [1.807, 2.05) is 4.90 Å². The molecule has 1 atom stereocenters. The van der Waals surface area contributed by atoms with Gasteiger partial charge in [0.1, 0.15) is 12.1 Å². The lowest BCUT2D eigenvalue weighted by Gasteiger charge is -2.16. The normalized spacial score (nSPS) is 20.6. The fourth-order valence-corrected chi connectivity index (χ4v) is 1.63. The second-order valence-electron chi connectivity index (χ2n) is 3.56. The molecule has 80 valence electrons. The Kier molecular flexibility index (Phi) is 2.51. The number of nitrogens with zero attached hydrogens (tertiary/aromatic N) is 3. The van der Waals surface area contributed by atoms with E-state index in [1.54, 1.807) is 0 Å². The summed E-state index contributed by atoms with van der Waals surface area (Å²) >= 11 is 0. The molecule has 15 heavy (non-hydrogen) atoms. The molecule has 6 nitrogen and oxygen atoms in total. The van der Waals surface area contributed by atoms with Gasteiger partial charge in [0.15, 0.2) is 5.69 Å². The summed E-state index contributed by atoms with van der Waals surface area (Å²) in [7, 11) is 0. The molecule has 6 heteroatoms. The van der Waals surface area contributed by atoms with Crippen LogP contribution in [0.3, 0.4) is 0 Å². The average molecular weight is 208 g/mol. The molecule has 0 spiro atoms. The van der Waals surface area contributed by atoms with E-state index in [0.717, 1.165) is 19.5 Å². The molecule has 2 rings (SSSR count). The standard InChI is InChI=1S/C9H12N4O2/c10-6-1-2-13(4-6)8-3-7(9(14)15)11-5-12-8/h3,5-6H,1-2,4,10H2,(H,14,15). The number of hydrogen-bond donors (Lipinski definition) is 2. The third-order valence-electron chi connectivity index (χ3n) is 2.42. The molecule has 0 bridgehead atoms. The van der Waals surface area contributed by atoms with Crippen LogP contribution in [-0.4, -0.2) is 40.2 Å². The minimum atomic E-state index is -1.04. The lowest BCUT2D eigenvalue weighted by molar-refractivity contribution is 0.0690. The maximum atomic E-state index is 10.7. The van der Waals surface area contributed by atoms with Crippen molar-refractivity contribution in [2.24, 2.45) is 5.73 Å². The Morgan fingerprint density at radius 1 is 1.60 bits per heavy atom. The van der Waals surface area contributed by atoms with Crippen LogP contribution >= 0.6 is 0 Å². The zero-order chi connectivity index (χ0) is 10.8. The van der Waals surface area contributed by atoms with Crippen LogP contribution < -0.4 is 10.6 Å². The number of hydrogen-bond acceptors (Lipinski definition) is 5. The zero-order valence-electron chi connectivity index (χ0n) is 8.13. The van der Waals surface area contributed by atoms with Crippen molar-refractivity contribution in [3.05, 3.63) is 18.1 Å². The van der Waals surface area contributed by atoms with E-state index in [1.165, 1.54) is 12.4 Å². The van der Waals surface area contributed by atoms with Gasteiger partial charge in [0.25, 0.3) is 0 Å². The highest BCUT2D eigenvalue weighted by molar-refractivity contribution is 5.86. The first kappa shape index (κ1) is 9.85. The van der Waals surface area contributed by atoms with Crippen LogP contribution in [0.4, 0.5) is 5.82 Å². The van der Waals surface area contributed by atoms with Crippen molar-refractivity contribution in [3.63, 3.8) is 0 Å². The fourth-order valence-electron chi connectivity index (χ4n) is 1.63. The third kappa shape index (κ3) is 2.04. The first-order valence-electron chi connectivity index (χ1n) is 4.72. The summed E-state index contributed by atoms with van der Waals surface area (Å²) in [6, 6.07) is 1.62. The van der Waals surface area contributed by atoms with Crippen molar-refractivity contribution >= 4 is 11.8 Å². The highest BCUT2D eigenvalue weighted by Crippen LogP contribution is 2.16. The average Bonchev–Trinajstić information content (AvgIpc) is 2.65. The summed E-state index contributed by atoms with van der Waals surface area (Å²) in [5, 5.41) is 8.77. The van der Waals surface area contributed by atoms with Gasteiger partial charge in [-0.05, 0) is 6.42 Å². The van der Waals surface area contributed by atoms with Gasteiger partial charge in [0.2, 0.25) is 0 Å². The van der Waals surface area contributed by atoms with Gasteiger partial charge in [-0.3, -0.25) is 0 Å². The van der Waals surface area contributed by atoms with E-state index in [0.29, 0.717) is 5.82 Å². The van der Waals surface area contributed by atoms with Crippen molar-refractivity contribution in [2.45, 2.75) is 12.5 Å². The summed E-state index contributed by atoms with van der Waals surface area (Å²) < 4.78 is 0. The topological polar surface area (TPSA) is 92.3 Å². The molecular formula is C9H12N4O2. The second-order valence-corrected chi connectivity index (χ2v) is 3.56. The number of carbonyl (C=O) groups is 1. The number of nitrogens with two attached hydrogens (primary N) is 1. The van der Waals surface area contributed by atoms with Gasteiger partial charge in [-0.25, -0.2) is 14.8 Å². The van der Waals surface area contributed by atoms with Crippen molar-refractivity contribution in [1.29, 1.82) is 0 Å². The Hall–Kier alpha value is -1.69. The van der Waals surface area contributed by atoms with Crippen molar-refractivity contribution in [2.75, 3.05) is 18.0 Å². The van der Waals surface area contributed by atoms with Gasteiger partial charge < -0.3 is 15.7 Å². The third-order valence-corrected chi connectivity index (χ3v) is 2.42. The van der Waals surface area contributed by atoms with E-state index >= 15 is 0 Å². The fraction of sp³-hybridized carbons (Fsp3) is 0.444. The molecule has 1 aromatic rings. The van der Waals surface area contributed by atoms with Crippen molar-refractivity contribution < 1.29 is 9.90 Å². The molecule has 1 fully saturated rings. The number of anilines is 1. The van der Waals surface area contributed by atoms with Crippen LogP contribution in [0.1, 0.15) is 16.9 Å². The van der Waals surface area contributed by atoms with Crippen LogP contribution in [0.25, 0.3) is 0 Å². The van der Waals surface area contributed by atoms with Crippen LogP contribution in [-0.2, 0) is 0 Å². The molecule has 1 aromatic heterocycles. The van der Waals surface area contributed by atoms with Crippen LogP contribution in [0.2, 0.25) is 0 Å². The molecule has 0 radical (unpaired) electrons. The quantitative estimate of drug-likeness (QED) is 0.694. The Bertz CT molecular complexity index is 382. The van der Waals surface area contributed by atoms with Crippen LogP contribution in [0, 0.1) is 0 Å². The molecule has 3 N–H and O–H groups in total. The maximum Gasteiger partial charge on any atom is 0.354 e. The SMILES string of the molecule is NC1CCN(c2cc(C(=O)O)ncn2)C1.